The van der Waals surface area contributed by atoms with Crippen molar-refractivity contribution >= 4 is 15.9 Å². The number of amides is 1. The maximum atomic E-state index is 12.5. The van der Waals surface area contributed by atoms with Crippen molar-refractivity contribution in [1.29, 1.82) is 0 Å². The first-order chi connectivity index (χ1) is 12.4. The van der Waals surface area contributed by atoms with E-state index in [1.54, 1.807) is 6.07 Å². The molecule has 0 bridgehead atoms. The number of carbonyl (C=O) groups is 1. The first kappa shape index (κ1) is 18.4. The maximum absolute atomic E-state index is 12.5. The summed E-state index contributed by atoms with van der Waals surface area (Å²) in [5.41, 5.74) is 2.37. The van der Waals surface area contributed by atoms with Crippen LogP contribution in [0, 0.1) is 6.92 Å². The Morgan fingerprint density at radius 3 is 2.62 bits per heavy atom. The molecule has 0 heterocycles. The lowest BCUT2D eigenvalue weighted by Gasteiger charge is -2.12. The van der Waals surface area contributed by atoms with Gasteiger partial charge in [-0.25, -0.2) is 13.1 Å². The molecule has 0 aliphatic heterocycles. The number of nitrogens with one attached hydrogen (secondary N) is 2. The van der Waals surface area contributed by atoms with Crippen molar-refractivity contribution < 1.29 is 17.9 Å². The highest BCUT2D eigenvalue weighted by atomic mass is 32.2. The van der Waals surface area contributed by atoms with Crippen LogP contribution in [0.1, 0.15) is 34.3 Å². The molecule has 3 rings (SSSR count). The van der Waals surface area contributed by atoms with Crippen molar-refractivity contribution in [3.63, 3.8) is 0 Å². The highest BCUT2D eigenvalue weighted by Gasteiger charge is 2.30. The zero-order valence-electron chi connectivity index (χ0n) is 14.8. The molecule has 1 aliphatic rings. The van der Waals surface area contributed by atoms with E-state index in [1.807, 2.05) is 31.2 Å². The molecule has 0 spiro atoms. The van der Waals surface area contributed by atoms with Crippen LogP contribution in [0.3, 0.4) is 0 Å². The van der Waals surface area contributed by atoms with Crippen LogP contribution in [-0.4, -0.2) is 27.5 Å². The van der Waals surface area contributed by atoms with E-state index >= 15 is 0 Å². The zero-order chi connectivity index (χ0) is 18.7. The van der Waals surface area contributed by atoms with Crippen LogP contribution in [0.2, 0.25) is 0 Å². The van der Waals surface area contributed by atoms with Crippen molar-refractivity contribution in [3.8, 4) is 5.75 Å². The van der Waals surface area contributed by atoms with Gasteiger partial charge in [-0.15, -0.1) is 0 Å². The van der Waals surface area contributed by atoms with E-state index in [4.69, 9.17) is 4.74 Å². The number of benzene rings is 2. The van der Waals surface area contributed by atoms with Crippen molar-refractivity contribution in [2.24, 2.45) is 0 Å². The average Bonchev–Trinajstić information content (AvgIpc) is 3.42. The van der Waals surface area contributed by atoms with Crippen LogP contribution in [0.4, 0.5) is 0 Å². The number of aryl methyl sites for hydroxylation is 1. The molecule has 138 valence electrons. The Kier molecular flexibility index (Phi) is 5.29. The summed E-state index contributed by atoms with van der Waals surface area (Å²) >= 11 is 0. The van der Waals surface area contributed by atoms with Gasteiger partial charge in [0.1, 0.15) is 10.6 Å². The summed E-state index contributed by atoms with van der Waals surface area (Å²) in [6, 6.07) is 12.2. The molecule has 26 heavy (non-hydrogen) atoms. The normalized spacial score (nSPS) is 14.1. The smallest absolute Gasteiger partial charge is 0.251 e. The first-order valence-corrected chi connectivity index (χ1v) is 9.91. The van der Waals surface area contributed by atoms with Crippen LogP contribution in [-0.2, 0) is 16.6 Å². The van der Waals surface area contributed by atoms with E-state index < -0.39 is 10.0 Å². The van der Waals surface area contributed by atoms with E-state index in [-0.39, 0.29) is 28.2 Å². The number of ether oxygens (including phenoxy) is 1. The van der Waals surface area contributed by atoms with E-state index in [0.29, 0.717) is 6.54 Å². The molecule has 1 amide bonds. The van der Waals surface area contributed by atoms with E-state index in [2.05, 4.69) is 10.0 Å². The molecule has 1 saturated carbocycles. The highest BCUT2D eigenvalue weighted by Crippen LogP contribution is 2.28. The van der Waals surface area contributed by atoms with Gasteiger partial charge < -0.3 is 10.1 Å². The van der Waals surface area contributed by atoms with Gasteiger partial charge in [-0.3, -0.25) is 4.79 Å². The summed E-state index contributed by atoms with van der Waals surface area (Å²) < 4.78 is 32.8. The molecule has 0 aromatic heterocycles. The molecule has 2 aromatic carbocycles. The minimum Gasteiger partial charge on any atom is -0.495 e. The van der Waals surface area contributed by atoms with Crippen LogP contribution in [0.25, 0.3) is 0 Å². The number of rotatable bonds is 7. The Morgan fingerprint density at radius 1 is 1.19 bits per heavy atom. The Hall–Kier alpha value is -2.38. The molecule has 6 nitrogen and oxygen atoms in total. The molecule has 1 aliphatic carbocycles. The Balaban J connectivity index is 1.79. The van der Waals surface area contributed by atoms with Gasteiger partial charge in [-0.05, 0) is 43.5 Å². The second-order valence-electron chi connectivity index (χ2n) is 6.43. The first-order valence-electron chi connectivity index (χ1n) is 8.43. The summed E-state index contributed by atoms with van der Waals surface area (Å²) in [7, 11) is -2.32. The number of carbonyl (C=O) groups excluding carboxylic acids is 1. The van der Waals surface area contributed by atoms with E-state index in [1.165, 1.54) is 19.2 Å². The van der Waals surface area contributed by atoms with Gasteiger partial charge in [-0.2, -0.15) is 0 Å². The standard InChI is InChI=1S/C19H22N2O4S/c1-13-4-3-5-14(10-13)12-20-19(22)15-6-9-17(25-2)18(11-15)26(23,24)21-16-7-8-16/h3-6,9-11,16,21H,7-8,12H2,1-2H3,(H,20,22). The van der Waals surface area contributed by atoms with Crippen molar-refractivity contribution in [3.05, 3.63) is 59.2 Å². The SMILES string of the molecule is COc1ccc(C(=O)NCc2cccc(C)c2)cc1S(=O)(=O)NC1CC1. The van der Waals surface area contributed by atoms with Crippen LogP contribution >= 0.6 is 0 Å². The second-order valence-corrected chi connectivity index (χ2v) is 8.12. The molecule has 1 fully saturated rings. The lowest BCUT2D eigenvalue weighted by molar-refractivity contribution is 0.0950. The molecule has 0 unspecified atom stereocenters. The summed E-state index contributed by atoms with van der Waals surface area (Å²) in [5.74, 6) is -0.120. The van der Waals surface area contributed by atoms with Gasteiger partial charge in [-0.1, -0.05) is 29.8 Å². The number of methoxy groups -OCH3 is 1. The largest absolute Gasteiger partial charge is 0.495 e. The minimum atomic E-state index is -3.72. The molecular weight excluding hydrogens is 352 g/mol. The maximum Gasteiger partial charge on any atom is 0.251 e. The van der Waals surface area contributed by atoms with Crippen LogP contribution in [0.5, 0.6) is 5.75 Å². The fraction of sp³-hybridized carbons (Fsp3) is 0.316. The van der Waals surface area contributed by atoms with Gasteiger partial charge in [0, 0.05) is 18.2 Å². The summed E-state index contributed by atoms with van der Waals surface area (Å²) in [6.07, 6.45) is 1.66. The predicted octanol–water partition coefficient (Wildman–Crippen LogP) is 2.37. The summed E-state index contributed by atoms with van der Waals surface area (Å²) in [4.78, 5) is 12.4. The minimum absolute atomic E-state index is 0.0184. The van der Waals surface area contributed by atoms with Crippen molar-refractivity contribution in [1.82, 2.24) is 10.0 Å². The van der Waals surface area contributed by atoms with Crippen LogP contribution in [0.15, 0.2) is 47.4 Å². The molecule has 0 radical (unpaired) electrons. The van der Waals surface area contributed by atoms with Crippen molar-refractivity contribution in [2.45, 2.75) is 37.2 Å². The fourth-order valence-electron chi connectivity index (χ4n) is 2.62. The summed E-state index contributed by atoms with van der Waals surface area (Å²) in [6.45, 7) is 2.35. The average molecular weight is 374 g/mol. The second kappa shape index (κ2) is 7.47. The summed E-state index contributed by atoms with van der Waals surface area (Å²) in [5, 5.41) is 2.82. The van der Waals surface area contributed by atoms with Gasteiger partial charge in [0.2, 0.25) is 10.0 Å². The monoisotopic (exact) mass is 374 g/mol. The van der Waals surface area contributed by atoms with Crippen LogP contribution < -0.4 is 14.8 Å². The molecule has 2 aromatic rings. The molecule has 0 saturated heterocycles. The van der Waals surface area contributed by atoms with E-state index in [0.717, 1.165) is 24.0 Å². The fourth-order valence-corrected chi connectivity index (χ4v) is 4.12. The third kappa shape index (κ3) is 4.42. The number of sulfonamides is 1. The Labute approximate surface area is 153 Å². The van der Waals surface area contributed by atoms with Gasteiger partial charge in [0.15, 0.2) is 0 Å². The topological polar surface area (TPSA) is 84.5 Å². The lowest BCUT2D eigenvalue weighted by Crippen LogP contribution is -2.27. The number of hydrogen-bond donors (Lipinski definition) is 2. The van der Waals surface area contributed by atoms with Gasteiger partial charge in [0.25, 0.3) is 5.91 Å². The third-order valence-corrected chi connectivity index (χ3v) is 5.69. The van der Waals surface area contributed by atoms with E-state index in [9.17, 15) is 13.2 Å². The Bertz CT molecular complexity index is 921. The third-order valence-electron chi connectivity index (χ3n) is 4.15. The molecular formula is C19H22N2O4S. The quantitative estimate of drug-likeness (QED) is 0.779. The molecule has 7 heteroatoms. The predicted molar refractivity (Wildman–Crippen MR) is 98.7 cm³/mol. The zero-order valence-corrected chi connectivity index (χ0v) is 15.6. The Morgan fingerprint density at radius 2 is 1.96 bits per heavy atom. The molecule has 0 atom stereocenters. The van der Waals surface area contributed by atoms with Crippen molar-refractivity contribution in [2.75, 3.05) is 7.11 Å². The van der Waals surface area contributed by atoms with Gasteiger partial charge in [0.05, 0.1) is 7.11 Å². The van der Waals surface area contributed by atoms with Gasteiger partial charge >= 0.3 is 0 Å². The molecule has 2 N–H and O–H groups in total. The number of hydrogen-bond acceptors (Lipinski definition) is 4. The highest BCUT2D eigenvalue weighted by molar-refractivity contribution is 7.89. The lowest BCUT2D eigenvalue weighted by atomic mass is 10.1.